The number of carbonyl (C=O) groups excluding carboxylic acids is 3. The summed E-state index contributed by atoms with van der Waals surface area (Å²) in [6, 6.07) is 11.1. The third-order valence-corrected chi connectivity index (χ3v) is 5.62. The largest absolute Gasteiger partial charge is 0.481 e. The molecule has 2 N–H and O–H groups in total. The number of carboxylic acid groups (broad SMARTS) is 1. The number of ketones is 1. The highest BCUT2D eigenvalue weighted by Crippen LogP contribution is 2.31. The molecule has 0 saturated carbocycles. The summed E-state index contributed by atoms with van der Waals surface area (Å²) >= 11 is 6.15. The number of halogens is 2. The molecular weight excluding hydrogens is 439 g/mol. The van der Waals surface area contributed by atoms with Gasteiger partial charge in [-0.15, -0.1) is 0 Å². The number of nitrogens with zero attached hydrogens (tertiary/aromatic N) is 1. The summed E-state index contributed by atoms with van der Waals surface area (Å²) in [6.07, 6.45) is -0.657. The summed E-state index contributed by atoms with van der Waals surface area (Å²) < 4.78 is 14.3. The van der Waals surface area contributed by atoms with Crippen LogP contribution in [0.25, 0.3) is 21.8 Å². The van der Waals surface area contributed by atoms with Crippen LogP contribution in [-0.4, -0.2) is 46.0 Å². The van der Waals surface area contributed by atoms with E-state index < -0.39 is 42.7 Å². The Bertz CT molecular complexity index is 1210. The second-order valence-electron chi connectivity index (χ2n) is 7.48. The minimum atomic E-state index is -1.49. The molecule has 1 amide bonds. The first kappa shape index (κ1) is 23.4. The number of carboxylic acids is 1. The zero-order valence-electron chi connectivity index (χ0n) is 17.3. The molecular formula is C23H22ClFN2O5. The van der Waals surface area contributed by atoms with E-state index in [0.717, 1.165) is 10.8 Å². The summed E-state index contributed by atoms with van der Waals surface area (Å²) in [5.74, 6) is -4.23. The SMILES string of the molecule is CC[C@H](CC(=O)n1c2ccccc2c2ccc(Cl)cc21)C(=O)NC(CC(=O)O)C(=O)CF. The van der Waals surface area contributed by atoms with Gasteiger partial charge in [0.15, 0.2) is 5.78 Å². The lowest BCUT2D eigenvalue weighted by molar-refractivity contribution is -0.140. The number of carbonyl (C=O) groups is 4. The number of amides is 1. The van der Waals surface area contributed by atoms with Gasteiger partial charge in [-0.25, -0.2) is 4.39 Å². The van der Waals surface area contributed by atoms with Crippen molar-refractivity contribution in [3.8, 4) is 0 Å². The maximum absolute atomic E-state index is 13.3. The minimum Gasteiger partial charge on any atom is -0.481 e. The summed E-state index contributed by atoms with van der Waals surface area (Å²) in [6.45, 7) is 0.305. The lowest BCUT2D eigenvalue weighted by Crippen LogP contribution is -2.45. The molecule has 32 heavy (non-hydrogen) atoms. The Morgan fingerprint density at radius 3 is 2.41 bits per heavy atom. The lowest BCUT2D eigenvalue weighted by Gasteiger charge is -2.19. The molecule has 1 heterocycles. The first-order chi connectivity index (χ1) is 15.3. The van der Waals surface area contributed by atoms with Gasteiger partial charge in [0, 0.05) is 28.1 Å². The number of aromatic nitrogens is 1. The Morgan fingerprint density at radius 1 is 1.06 bits per heavy atom. The van der Waals surface area contributed by atoms with Crippen LogP contribution in [0.5, 0.6) is 0 Å². The van der Waals surface area contributed by atoms with Crippen molar-refractivity contribution in [3.63, 3.8) is 0 Å². The third kappa shape index (κ3) is 4.80. The van der Waals surface area contributed by atoms with Crippen molar-refractivity contribution in [1.82, 2.24) is 9.88 Å². The Balaban J connectivity index is 1.90. The fourth-order valence-electron chi connectivity index (χ4n) is 3.74. The molecule has 7 nitrogen and oxygen atoms in total. The van der Waals surface area contributed by atoms with Gasteiger partial charge in [-0.1, -0.05) is 42.8 Å². The zero-order valence-corrected chi connectivity index (χ0v) is 18.1. The van der Waals surface area contributed by atoms with E-state index in [1.807, 2.05) is 18.2 Å². The highest BCUT2D eigenvalue weighted by atomic mass is 35.5. The molecule has 0 aliphatic rings. The van der Waals surface area contributed by atoms with Crippen LogP contribution in [0.2, 0.25) is 5.02 Å². The van der Waals surface area contributed by atoms with Crippen molar-refractivity contribution < 1.29 is 28.7 Å². The van der Waals surface area contributed by atoms with Crippen molar-refractivity contribution in [2.45, 2.75) is 32.2 Å². The van der Waals surface area contributed by atoms with Gasteiger partial charge in [0.2, 0.25) is 11.8 Å². The maximum Gasteiger partial charge on any atom is 0.305 e. The molecule has 168 valence electrons. The van der Waals surface area contributed by atoms with Gasteiger partial charge in [-0.2, -0.15) is 0 Å². The summed E-state index contributed by atoms with van der Waals surface area (Å²) in [4.78, 5) is 48.7. The van der Waals surface area contributed by atoms with Gasteiger partial charge >= 0.3 is 5.97 Å². The number of hydrogen-bond acceptors (Lipinski definition) is 4. The van der Waals surface area contributed by atoms with Crippen molar-refractivity contribution in [2.24, 2.45) is 5.92 Å². The molecule has 3 aromatic rings. The van der Waals surface area contributed by atoms with E-state index in [9.17, 15) is 23.6 Å². The molecule has 0 bridgehead atoms. The van der Waals surface area contributed by atoms with Crippen LogP contribution >= 0.6 is 11.6 Å². The van der Waals surface area contributed by atoms with E-state index in [2.05, 4.69) is 5.32 Å². The van der Waals surface area contributed by atoms with E-state index in [1.54, 1.807) is 31.2 Å². The Morgan fingerprint density at radius 2 is 1.75 bits per heavy atom. The molecule has 0 aliphatic heterocycles. The van der Waals surface area contributed by atoms with Crippen molar-refractivity contribution in [2.75, 3.05) is 6.67 Å². The number of hydrogen-bond donors (Lipinski definition) is 2. The number of benzene rings is 2. The first-order valence-electron chi connectivity index (χ1n) is 10.1. The van der Waals surface area contributed by atoms with E-state index in [0.29, 0.717) is 16.1 Å². The maximum atomic E-state index is 13.3. The normalized spacial score (nSPS) is 13.1. The molecule has 3 rings (SSSR count). The average molecular weight is 461 g/mol. The van der Waals surface area contributed by atoms with Crippen LogP contribution in [0.4, 0.5) is 4.39 Å². The van der Waals surface area contributed by atoms with Crippen molar-refractivity contribution in [1.29, 1.82) is 0 Å². The number of aliphatic carboxylic acids is 1. The van der Waals surface area contributed by atoms with Gasteiger partial charge < -0.3 is 10.4 Å². The summed E-state index contributed by atoms with van der Waals surface area (Å²) in [7, 11) is 0. The van der Waals surface area contributed by atoms with Crippen LogP contribution in [0.15, 0.2) is 42.5 Å². The minimum absolute atomic E-state index is 0.188. The smallest absolute Gasteiger partial charge is 0.305 e. The standard InChI is InChI=1S/C23H22ClFN2O5/c1-2-13(23(32)26-17(11-22(30)31)20(28)12-25)9-21(29)27-18-6-4-3-5-15(18)16-8-7-14(24)10-19(16)27/h3-8,10,13,17H,2,9,11-12H2,1H3,(H,26,32)(H,30,31)/t13-,17?/m1/s1. The molecule has 0 aliphatic carbocycles. The van der Waals surface area contributed by atoms with Crippen molar-refractivity contribution in [3.05, 3.63) is 47.5 Å². The molecule has 2 atom stereocenters. The van der Waals surface area contributed by atoms with Crippen LogP contribution in [0, 0.1) is 5.92 Å². The van der Waals surface area contributed by atoms with E-state index in [1.165, 1.54) is 4.57 Å². The monoisotopic (exact) mass is 460 g/mol. The summed E-state index contributed by atoms with van der Waals surface area (Å²) in [5.41, 5.74) is 1.27. The first-order valence-corrected chi connectivity index (χ1v) is 10.5. The molecule has 0 radical (unpaired) electrons. The molecule has 2 aromatic carbocycles. The lowest BCUT2D eigenvalue weighted by atomic mass is 9.99. The molecule has 0 saturated heterocycles. The average Bonchev–Trinajstić information content (AvgIpc) is 3.09. The highest BCUT2D eigenvalue weighted by molar-refractivity contribution is 6.31. The van der Waals surface area contributed by atoms with E-state index in [-0.39, 0.29) is 18.7 Å². The Kier molecular flexibility index (Phi) is 7.25. The predicted molar refractivity (Wildman–Crippen MR) is 119 cm³/mol. The second kappa shape index (κ2) is 9.91. The Labute approximate surface area is 188 Å². The van der Waals surface area contributed by atoms with Crippen molar-refractivity contribution >= 4 is 57.0 Å². The van der Waals surface area contributed by atoms with Crippen LogP contribution in [0.3, 0.4) is 0 Å². The number of Topliss-reactive ketones (excluding diaryl/α,β-unsaturated/α-hetero) is 1. The zero-order chi connectivity index (χ0) is 23.4. The number of rotatable bonds is 9. The van der Waals surface area contributed by atoms with Gasteiger partial charge in [-0.05, 0) is 24.6 Å². The second-order valence-corrected chi connectivity index (χ2v) is 7.91. The van der Waals surface area contributed by atoms with Gasteiger partial charge in [0.05, 0.1) is 17.5 Å². The number of nitrogens with one attached hydrogen (secondary N) is 1. The van der Waals surface area contributed by atoms with E-state index in [4.69, 9.17) is 16.7 Å². The fraction of sp³-hybridized carbons (Fsp3) is 0.304. The predicted octanol–water partition coefficient (Wildman–Crippen LogP) is 4.00. The van der Waals surface area contributed by atoms with Crippen LogP contribution in [-0.2, 0) is 14.4 Å². The van der Waals surface area contributed by atoms with Gasteiger partial charge in [-0.3, -0.25) is 23.7 Å². The van der Waals surface area contributed by atoms with Gasteiger partial charge in [0.1, 0.15) is 12.7 Å². The van der Waals surface area contributed by atoms with Crippen LogP contribution in [0.1, 0.15) is 31.0 Å². The molecule has 1 aromatic heterocycles. The summed E-state index contributed by atoms with van der Waals surface area (Å²) in [5, 5.41) is 13.4. The number of fused-ring (bicyclic) bond motifs is 3. The topological polar surface area (TPSA) is 105 Å². The number of alkyl halides is 1. The Hall–Kier alpha value is -3.26. The fourth-order valence-corrected chi connectivity index (χ4v) is 3.91. The molecule has 0 fully saturated rings. The van der Waals surface area contributed by atoms with Gasteiger partial charge in [0.25, 0.3) is 0 Å². The number of para-hydroxylation sites is 1. The molecule has 9 heteroatoms. The molecule has 1 unspecified atom stereocenters. The highest BCUT2D eigenvalue weighted by Gasteiger charge is 2.29. The van der Waals surface area contributed by atoms with Crippen LogP contribution < -0.4 is 5.32 Å². The quantitative estimate of drug-likeness (QED) is 0.502. The third-order valence-electron chi connectivity index (χ3n) is 5.39. The van der Waals surface area contributed by atoms with E-state index >= 15 is 0 Å². The molecule has 0 spiro atoms.